The van der Waals surface area contributed by atoms with Crippen LogP contribution in [0.4, 0.5) is 5.88 Å². The van der Waals surface area contributed by atoms with Gasteiger partial charge in [0.15, 0.2) is 0 Å². The number of aromatic nitrogens is 2. The third-order valence-corrected chi connectivity index (χ3v) is 3.04. The molecule has 2 N–H and O–H groups in total. The zero-order valence-electron chi connectivity index (χ0n) is 10.2. The number of nitrogen functional groups attached to an aromatic ring is 1. The fourth-order valence-corrected chi connectivity index (χ4v) is 2.04. The van der Waals surface area contributed by atoms with E-state index in [2.05, 4.69) is 24.0 Å². The van der Waals surface area contributed by atoms with Crippen LogP contribution >= 0.6 is 0 Å². The molecule has 0 aliphatic heterocycles. The molecule has 0 saturated heterocycles. The first kappa shape index (κ1) is 11.6. The van der Waals surface area contributed by atoms with Gasteiger partial charge < -0.3 is 10.3 Å². The van der Waals surface area contributed by atoms with Crippen molar-refractivity contribution in [1.29, 1.82) is 0 Å². The van der Waals surface area contributed by atoms with Crippen molar-refractivity contribution in [2.75, 3.05) is 5.73 Å². The molecule has 0 atom stereocenters. The maximum Gasteiger partial charge on any atom is 0.231 e. The van der Waals surface area contributed by atoms with Gasteiger partial charge in [0.25, 0.3) is 0 Å². The highest BCUT2D eigenvalue weighted by molar-refractivity contribution is 5.72. The molecule has 0 unspecified atom stereocenters. The lowest BCUT2D eigenvalue weighted by Gasteiger charge is -2.10. The molecule has 0 radical (unpaired) electrons. The zero-order chi connectivity index (χ0) is 12.3. The molecule has 0 aliphatic rings. The third kappa shape index (κ3) is 2.16. The van der Waals surface area contributed by atoms with Crippen LogP contribution in [0.15, 0.2) is 28.9 Å². The Morgan fingerprint density at radius 1 is 1.29 bits per heavy atom. The Bertz CT molecular complexity index is 475. The lowest BCUT2D eigenvalue weighted by molar-refractivity contribution is 0.416. The van der Waals surface area contributed by atoms with Gasteiger partial charge in [-0.2, -0.15) is 0 Å². The van der Waals surface area contributed by atoms with E-state index in [0.29, 0.717) is 11.8 Å². The number of rotatable bonds is 4. The number of pyridine rings is 1. The lowest BCUT2D eigenvalue weighted by atomic mass is 9.95. The van der Waals surface area contributed by atoms with E-state index in [9.17, 15) is 0 Å². The van der Waals surface area contributed by atoms with Gasteiger partial charge in [-0.15, -0.1) is 0 Å². The summed E-state index contributed by atoms with van der Waals surface area (Å²) in [4.78, 5) is 4.31. The van der Waals surface area contributed by atoms with Crippen molar-refractivity contribution < 1.29 is 4.52 Å². The molecule has 0 fully saturated rings. The Morgan fingerprint density at radius 2 is 2.06 bits per heavy atom. The number of nitrogens with zero attached hydrogens (tertiary/aromatic N) is 2. The topological polar surface area (TPSA) is 64.9 Å². The van der Waals surface area contributed by atoms with Crippen molar-refractivity contribution >= 4 is 5.88 Å². The van der Waals surface area contributed by atoms with Gasteiger partial charge in [-0.1, -0.05) is 25.1 Å². The molecule has 4 nitrogen and oxygen atoms in total. The molecule has 0 saturated carbocycles. The van der Waals surface area contributed by atoms with E-state index < -0.39 is 0 Å². The van der Waals surface area contributed by atoms with Crippen molar-refractivity contribution in [2.24, 2.45) is 0 Å². The van der Waals surface area contributed by atoms with Crippen LogP contribution in [0.1, 0.15) is 38.3 Å². The Kier molecular flexibility index (Phi) is 3.42. The first-order valence-corrected chi connectivity index (χ1v) is 5.94. The first-order valence-electron chi connectivity index (χ1n) is 5.94. The molecule has 0 bridgehead atoms. The normalized spacial score (nSPS) is 11.0. The number of nitrogens with two attached hydrogens (primary N) is 1. The highest BCUT2D eigenvalue weighted by Crippen LogP contribution is 2.35. The van der Waals surface area contributed by atoms with E-state index in [-0.39, 0.29) is 0 Å². The van der Waals surface area contributed by atoms with Gasteiger partial charge in [0.2, 0.25) is 5.88 Å². The molecule has 2 aromatic heterocycles. The van der Waals surface area contributed by atoms with Gasteiger partial charge in [-0.3, -0.25) is 4.98 Å². The number of hydrogen-bond acceptors (Lipinski definition) is 4. The summed E-state index contributed by atoms with van der Waals surface area (Å²) in [6, 6.07) is 5.74. The summed E-state index contributed by atoms with van der Waals surface area (Å²) in [5.74, 6) is 0.721. The van der Waals surface area contributed by atoms with Crippen molar-refractivity contribution in [3.05, 3.63) is 30.1 Å². The second-order valence-electron chi connectivity index (χ2n) is 4.04. The largest absolute Gasteiger partial charge is 0.367 e. The summed E-state index contributed by atoms with van der Waals surface area (Å²) in [5.41, 5.74) is 8.45. The van der Waals surface area contributed by atoms with Crippen LogP contribution in [-0.2, 0) is 0 Å². The van der Waals surface area contributed by atoms with E-state index in [1.54, 1.807) is 6.20 Å². The highest BCUT2D eigenvalue weighted by Gasteiger charge is 2.22. The van der Waals surface area contributed by atoms with Gasteiger partial charge in [0, 0.05) is 12.1 Å². The van der Waals surface area contributed by atoms with E-state index >= 15 is 0 Å². The Labute approximate surface area is 101 Å². The molecule has 17 heavy (non-hydrogen) atoms. The summed E-state index contributed by atoms with van der Waals surface area (Å²) in [5, 5.41) is 4.09. The molecule has 2 aromatic rings. The smallest absolute Gasteiger partial charge is 0.231 e. The number of anilines is 1. The monoisotopic (exact) mass is 231 g/mol. The molecular weight excluding hydrogens is 214 g/mol. The van der Waals surface area contributed by atoms with E-state index in [4.69, 9.17) is 10.3 Å². The zero-order valence-corrected chi connectivity index (χ0v) is 10.2. The van der Waals surface area contributed by atoms with E-state index in [1.807, 2.05) is 18.2 Å². The Morgan fingerprint density at radius 3 is 2.65 bits per heavy atom. The van der Waals surface area contributed by atoms with Gasteiger partial charge in [0.05, 0.1) is 17.0 Å². The van der Waals surface area contributed by atoms with Gasteiger partial charge in [-0.25, -0.2) is 0 Å². The van der Waals surface area contributed by atoms with Crippen molar-refractivity contribution in [3.8, 4) is 11.3 Å². The van der Waals surface area contributed by atoms with Crippen LogP contribution in [0, 0.1) is 0 Å². The number of hydrogen-bond donors (Lipinski definition) is 1. The molecule has 2 heterocycles. The molecule has 0 aliphatic carbocycles. The maximum atomic E-state index is 5.85. The Balaban J connectivity index is 2.50. The van der Waals surface area contributed by atoms with E-state index in [0.717, 1.165) is 29.8 Å². The fourth-order valence-electron chi connectivity index (χ4n) is 2.04. The first-order chi connectivity index (χ1) is 8.27. The summed E-state index contributed by atoms with van der Waals surface area (Å²) in [6.45, 7) is 4.28. The highest BCUT2D eigenvalue weighted by atomic mass is 16.5. The molecule has 4 heteroatoms. The third-order valence-electron chi connectivity index (χ3n) is 3.04. The predicted molar refractivity (Wildman–Crippen MR) is 67.5 cm³/mol. The molecule has 90 valence electrons. The molecule has 0 aromatic carbocycles. The quantitative estimate of drug-likeness (QED) is 0.877. The van der Waals surface area contributed by atoms with Crippen LogP contribution in [0.5, 0.6) is 0 Å². The SMILES string of the molecule is CCC(CC)c1noc(N)c1-c1ccccn1. The molecule has 0 spiro atoms. The molecular formula is C13H17N3O. The summed E-state index contributed by atoms with van der Waals surface area (Å²) in [7, 11) is 0. The van der Waals surface area contributed by atoms with Crippen molar-refractivity contribution in [1.82, 2.24) is 10.1 Å². The van der Waals surface area contributed by atoms with Crippen molar-refractivity contribution in [2.45, 2.75) is 32.6 Å². The lowest BCUT2D eigenvalue weighted by Crippen LogP contribution is -1.99. The molecule has 2 rings (SSSR count). The predicted octanol–water partition coefficient (Wildman–Crippen LogP) is 3.22. The van der Waals surface area contributed by atoms with Crippen molar-refractivity contribution in [3.63, 3.8) is 0 Å². The van der Waals surface area contributed by atoms with Gasteiger partial charge in [-0.05, 0) is 25.0 Å². The minimum absolute atomic E-state index is 0.352. The summed E-state index contributed by atoms with van der Waals surface area (Å²) >= 11 is 0. The minimum atomic E-state index is 0.352. The average molecular weight is 231 g/mol. The summed E-state index contributed by atoms with van der Waals surface area (Å²) in [6.07, 6.45) is 3.78. The van der Waals surface area contributed by atoms with Crippen LogP contribution < -0.4 is 5.73 Å². The van der Waals surface area contributed by atoms with E-state index in [1.165, 1.54) is 0 Å². The van der Waals surface area contributed by atoms with Crippen LogP contribution in [0.25, 0.3) is 11.3 Å². The fraction of sp³-hybridized carbons (Fsp3) is 0.385. The van der Waals surface area contributed by atoms with Crippen LogP contribution in [0.3, 0.4) is 0 Å². The standard InChI is InChI=1S/C13H17N3O/c1-3-9(4-2)12-11(13(14)17-16-12)10-7-5-6-8-15-10/h5-9H,3-4,14H2,1-2H3. The molecule has 0 amide bonds. The van der Waals surface area contributed by atoms with Gasteiger partial charge in [0.1, 0.15) is 0 Å². The second-order valence-corrected chi connectivity index (χ2v) is 4.04. The van der Waals surface area contributed by atoms with Gasteiger partial charge >= 0.3 is 0 Å². The Hall–Kier alpha value is -1.84. The second kappa shape index (κ2) is 4.99. The summed E-state index contributed by atoms with van der Waals surface area (Å²) < 4.78 is 5.12. The van der Waals surface area contributed by atoms with Crippen LogP contribution in [-0.4, -0.2) is 10.1 Å². The average Bonchev–Trinajstić information content (AvgIpc) is 2.74. The minimum Gasteiger partial charge on any atom is -0.367 e. The van der Waals surface area contributed by atoms with Crippen LogP contribution in [0.2, 0.25) is 0 Å². The maximum absolute atomic E-state index is 5.85.